The average molecular weight is 574 g/mol. The van der Waals surface area contributed by atoms with Crippen molar-refractivity contribution in [1.29, 1.82) is 0 Å². The van der Waals surface area contributed by atoms with Gasteiger partial charge in [0.2, 0.25) is 0 Å². The molecular formula is C32H34BrN2OP. The Hall–Kier alpha value is -2.81. The molecule has 0 N–H and O–H groups in total. The Bertz CT molecular complexity index is 1660. The fourth-order valence-corrected chi connectivity index (χ4v) is 8.31. The number of hydrogen-bond acceptors (Lipinski definition) is 2. The van der Waals surface area contributed by atoms with Gasteiger partial charge in [0.25, 0.3) is 0 Å². The molecule has 1 atom stereocenters. The number of halogens is 1. The van der Waals surface area contributed by atoms with Gasteiger partial charge in [-0.2, -0.15) is 0 Å². The molecule has 0 amide bonds. The molecule has 1 heterocycles. The molecule has 0 unspecified atom stereocenters. The van der Waals surface area contributed by atoms with Crippen molar-refractivity contribution in [2.45, 2.75) is 53.2 Å². The molecule has 0 aliphatic heterocycles. The molecular weight excluding hydrogens is 539 g/mol. The van der Waals surface area contributed by atoms with Crippen molar-refractivity contribution in [3.05, 3.63) is 101 Å². The van der Waals surface area contributed by atoms with Crippen LogP contribution in [0.5, 0.6) is 5.75 Å². The van der Waals surface area contributed by atoms with Gasteiger partial charge in [0, 0.05) is 43.3 Å². The van der Waals surface area contributed by atoms with Crippen LogP contribution < -0.4 is 9.83 Å². The van der Waals surface area contributed by atoms with Crippen LogP contribution in [0.15, 0.2) is 94.1 Å². The molecule has 5 heteroatoms. The second-order valence-corrected chi connectivity index (χ2v) is 14.9. The number of benzene rings is 4. The molecule has 0 saturated carbocycles. The molecule has 0 aliphatic carbocycles. The molecule has 1 aromatic heterocycles. The third-order valence-corrected chi connectivity index (χ3v) is 11.4. The van der Waals surface area contributed by atoms with Crippen LogP contribution in [0.3, 0.4) is 0 Å². The number of para-hydroxylation sites is 1. The Labute approximate surface area is 228 Å². The van der Waals surface area contributed by atoms with E-state index in [4.69, 9.17) is 9.27 Å². The van der Waals surface area contributed by atoms with Crippen LogP contribution in [0.1, 0.15) is 38.8 Å². The molecule has 3 nitrogen and oxygen atoms in total. The van der Waals surface area contributed by atoms with E-state index < -0.39 is 7.28 Å². The second kappa shape index (κ2) is 9.82. The zero-order valence-electron chi connectivity index (χ0n) is 22.4. The van der Waals surface area contributed by atoms with Crippen molar-refractivity contribution >= 4 is 56.0 Å². The minimum Gasteiger partial charge on any atom is -0.455 e. The standard InChI is InChI=1S/C32H34BrN2OP/c1-7-35-30-11-9-8-10-28(30)29-21-27(18-19-31(29)35)37(32(4,5)6,36-26-16-13-24(33)14-17-26)34-25-15-12-22(2)23(3)20-25/h8-21H,7H2,1-6H3/t37-/m0/s1. The molecule has 0 saturated heterocycles. The lowest BCUT2D eigenvalue weighted by atomic mass is 10.1. The van der Waals surface area contributed by atoms with Crippen molar-refractivity contribution in [2.24, 2.45) is 4.74 Å². The zero-order valence-corrected chi connectivity index (χ0v) is 24.9. The highest BCUT2D eigenvalue weighted by atomic mass is 79.9. The molecule has 0 fully saturated rings. The maximum Gasteiger partial charge on any atom is 0.173 e. The molecule has 0 radical (unpaired) electrons. The lowest BCUT2D eigenvalue weighted by molar-refractivity contribution is 0.571. The first-order chi connectivity index (χ1) is 17.6. The van der Waals surface area contributed by atoms with Gasteiger partial charge in [-0.05, 0) is 92.6 Å². The molecule has 0 aliphatic rings. The van der Waals surface area contributed by atoms with Crippen molar-refractivity contribution in [2.75, 3.05) is 0 Å². The SMILES string of the molecule is CCn1c2ccccc2c2cc([P@](=Nc3ccc(C)c(C)c3)(Oc3ccc(Br)cc3)C(C)(C)C)ccc21. The van der Waals surface area contributed by atoms with E-state index in [9.17, 15) is 0 Å². The monoisotopic (exact) mass is 572 g/mol. The highest BCUT2D eigenvalue weighted by Crippen LogP contribution is 2.62. The Kier molecular flexibility index (Phi) is 6.85. The van der Waals surface area contributed by atoms with Gasteiger partial charge in [-0.25, -0.2) is 4.74 Å². The highest BCUT2D eigenvalue weighted by molar-refractivity contribution is 9.10. The summed E-state index contributed by atoms with van der Waals surface area (Å²) < 4.78 is 16.0. The molecule has 0 bridgehead atoms. The van der Waals surface area contributed by atoms with Crippen LogP contribution in [-0.4, -0.2) is 9.72 Å². The fraction of sp³-hybridized carbons (Fsp3) is 0.250. The van der Waals surface area contributed by atoms with Gasteiger partial charge in [0.15, 0.2) is 7.28 Å². The first kappa shape index (κ1) is 25.8. The lowest BCUT2D eigenvalue weighted by Crippen LogP contribution is -2.27. The summed E-state index contributed by atoms with van der Waals surface area (Å²) in [5.74, 6) is 0.829. The van der Waals surface area contributed by atoms with Crippen molar-refractivity contribution in [1.82, 2.24) is 4.57 Å². The first-order valence-electron chi connectivity index (χ1n) is 12.8. The van der Waals surface area contributed by atoms with Crippen LogP contribution in [0.4, 0.5) is 5.69 Å². The highest BCUT2D eigenvalue weighted by Gasteiger charge is 2.39. The van der Waals surface area contributed by atoms with Crippen molar-refractivity contribution < 1.29 is 4.52 Å². The Balaban J connectivity index is 1.84. The number of hydrogen-bond donors (Lipinski definition) is 0. The topological polar surface area (TPSA) is 26.5 Å². The number of fused-ring (bicyclic) bond motifs is 3. The lowest BCUT2D eigenvalue weighted by Gasteiger charge is -2.37. The Morgan fingerprint density at radius 3 is 2.19 bits per heavy atom. The van der Waals surface area contributed by atoms with Gasteiger partial charge < -0.3 is 9.09 Å². The van der Waals surface area contributed by atoms with E-state index in [1.165, 1.54) is 32.9 Å². The van der Waals surface area contributed by atoms with Gasteiger partial charge in [-0.1, -0.05) is 61.0 Å². The summed E-state index contributed by atoms with van der Waals surface area (Å²) in [7, 11) is -2.61. The number of aryl methyl sites for hydroxylation is 3. The third kappa shape index (κ3) is 4.67. The zero-order chi connectivity index (χ0) is 26.4. The van der Waals surface area contributed by atoms with E-state index in [0.29, 0.717) is 0 Å². The van der Waals surface area contributed by atoms with E-state index in [2.05, 4.69) is 123 Å². The summed E-state index contributed by atoms with van der Waals surface area (Å²) >= 11 is 3.56. The normalized spacial score (nSPS) is 13.6. The van der Waals surface area contributed by atoms with E-state index in [1.807, 2.05) is 24.3 Å². The predicted molar refractivity (Wildman–Crippen MR) is 164 cm³/mol. The Morgan fingerprint density at radius 1 is 0.811 bits per heavy atom. The number of rotatable bonds is 5. The summed E-state index contributed by atoms with van der Waals surface area (Å²) in [6.07, 6.45) is 0. The quantitative estimate of drug-likeness (QED) is 0.192. The fourth-order valence-electron chi connectivity index (χ4n) is 4.97. The van der Waals surface area contributed by atoms with Crippen LogP contribution in [0.25, 0.3) is 21.8 Å². The molecule has 0 spiro atoms. The average Bonchev–Trinajstić information content (AvgIpc) is 3.19. The number of nitrogens with zero attached hydrogens (tertiary/aromatic N) is 2. The Morgan fingerprint density at radius 2 is 1.51 bits per heavy atom. The summed E-state index contributed by atoms with van der Waals surface area (Å²) in [5.41, 5.74) is 5.96. The molecule has 5 aromatic rings. The molecule has 190 valence electrons. The summed E-state index contributed by atoms with van der Waals surface area (Å²) in [4.78, 5) is 0. The van der Waals surface area contributed by atoms with Gasteiger partial charge in [0.1, 0.15) is 5.75 Å². The predicted octanol–water partition coefficient (Wildman–Crippen LogP) is 10.1. The maximum atomic E-state index is 7.09. The summed E-state index contributed by atoms with van der Waals surface area (Å²) in [6.45, 7) is 14.2. The van der Waals surface area contributed by atoms with E-state index in [0.717, 1.165) is 27.8 Å². The number of aromatic nitrogens is 1. The minimum atomic E-state index is -2.61. The summed E-state index contributed by atoms with van der Waals surface area (Å²) in [6, 6.07) is 30.1. The van der Waals surface area contributed by atoms with Crippen molar-refractivity contribution in [3.63, 3.8) is 0 Å². The molecule has 4 aromatic carbocycles. The largest absolute Gasteiger partial charge is 0.455 e. The van der Waals surface area contributed by atoms with Crippen LogP contribution in [-0.2, 0) is 6.54 Å². The van der Waals surface area contributed by atoms with Crippen molar-refractivity contribution in [3.8, 4) is 5.75 Å². The molecule has 5 rings (SSSR count). The third-order valence-electron chi connectivity index (χ3n) is 7.13. The smallest absolute Gasteiger partial charge is 0.173 e. The van der Waals surface area contributed by atoms with Gasteiger partial charge >= 0.3 is 0 Å². The molecule has 37 heavy (non-hydrogen) atoms. The van der Waals surface area contributed by atoms with E-state index in [-0.39, 0.29) is 5.16 Å². The minimum absolute atomic E-state index is 0.254. The van der Waals surface area contributed by atoms with Gasteiger partial charge in [-0.15, -0.1) is 0 Å². The van der Waals surface area contributed by atoms with Gasteiger partial charge in [0.05, 0.1) is 5.69 Å². The van der Waals surface area contributed by atoms with Crippen LogP contribution in [0, 0.1) is 13.8 Å². The second-order valence-electron chi connectivity index (χ2n) is 10.6. The van der Waals surface area contributed by atoms with E-state index in [1.54, 1.807) is 0 Å². The van der Waals surface area contributed by atoms with Gasteiger partial charge in [-0.3, -0.25) is 0 Å². The van der Waals surface area contributed by atoms with E-state index >= 15 is 0 Å². The summed E-state index contributed by atoms with van der Waals surface area (Å²) in [5, 5.41) is 3.41. The maximum absolute atomic E-state index is 7.09. The van der Waals surface area contributed by atoms with Crippen LogP contribution >= 0.6 is 23.2 Å². The first-order valence-corrected chi connectivity index (χ1v) is 15.2. The van der Waals surface area contributed by atoms with Crippen LogP contribution in [0.2, 0.25) is 0 Å².